The van der Waals surface area contributed by atoms with Crippen LogP contribution in [0.2, 0.25) is 0 Å². The molecule has 1 atom stereocenters. The second-order valence-corrected chi connectivity index (χ2v) is 6.27. The van der Waals surface area contributed by atoms with Crippen molar-refractivity contribution in [3.63, 3.8) is 0 Å². The number of amides is 1. The second kappa shape index (κ2) is 7.53. The van der Waals surface area contributed by atoms with E-state index in [0.29, 0.717) is 12.6 Å². The van der Waals surface area contributed by atoms with Crippen LogP contribution in [0.3, 0.4) is 0 Å². The van der Waals surface area contributed by atoms with Gasteiger partial charge in [0.05, 0.1) is 18.6 Å². The lowest BCUT2D eigenvalue weighted by atomic mass is 10.2. The Kier molecular flexibility index (Phi) is 5.20. The van der Waals surface area contributed by atoms with Crippen molar-refractivity contribution in [1.29, 1.82) is 0 Å². The van der Waals surface area contributed by atoms with Gasteiger partial charge in [0.25, 0.3) is 0 Å². The van der Waals surface area contributed by atoms with Gasteiger partial charge in [0.1, 0.15) is 0 Å². The smallest absolute Gasteiger partial charge is 0.241 e. The number of hydrogen-bond donors (Lipinski definition) is 1. The topological polar surface area (TPSA) is 75.9 Å². The minimum absolute atomic E-state index is 0.0138. The number of nitrogens with zero attached hydrogens (tertiary/aromatic N) is 5. The van der Waals surface area contributed by atoms with Crippen LogP contribution < -0.4 is 5.32 Å². The maximum absolute atomic E-state index is 12.6. The molecule has 1 aromatic carbocycles. The van der Waals surface area contributed by atoms with Gasteiger partial charge in [0.2, 0.25) is 5.91 Å². The van der Waals surface area contributed by atoms with Gasteiger partial charge in [-0.3, -0.25) is 9.69 Å². The number of tetrazole rings is 1. The molecule has 24 heavy (non-hydrogen) atoms. The molecule has 128 valence electrons. The van der Waals surface area contributed by atoms with Crippen molar-refractivity contribution in [2.75, 3.05) is 11.9 Å². The quantitative estimate of drug-likeness (QED) is 0.804. The average molecular weight is 328 g/mol. The molecule has 0 spiro atoms. The summed E-state index contributed by atoms with van der Waals surface area (Å²) in [4.78, 5) is 14.7. The Morgan fingerprint density at radius 3 is 2.79 bits per heavy atom. The Labute approximate surface area is 142 Å². The molecular weight excluding hydrogens is 304 g/mol. The Balaban J connectivity index is 1.67. The highest BCUT2D eigenvalue weighted by Gasteiger charge is 2.29. The normalized spacial score (nSPS) is 15.5. The summed E-state index contributed by atoms with van der Waals surface area (Å²) in [6.07, 6.45) is 3.24. The van der Waals surface area contributed by atoms with Crippen LogP contribution in [-0.4, -0.2) is 43.6 Å². The summed E-state index contributed by atoms with van der Waals surface area (Å²) in [5, 5.41) is 15.0. The molecule has 0 unspecified atom stereocenters. The van der Waals surface area contributed by atoms with E-state index in [1.807, 2.05) is 41.9 Å². The van der Waals surface area contributed by atoms with Crippen LogP contribution in [0.4, 0.5) is 5.69 Å². The maximum Gasteiger partial charge on any atom is 0.241 e. The van der Waals surface area contributed by atoms with Gasteiger partial charge in [-0.25, -0.2) is 4.68 Å². The molecule has 0 bridgehead atoms. The van der Waals surface area contributed by atoms with Crippen molar-refractivity contribution in [3.8, 4) is 0 Å². The highest BCUT2D eigenvalue weighted by atomic mass is 16.2. The van der Waals surface area contributed by atoms with Crippen molar-refractivity contribution < 1.29 is 4.79 Å². The molecular formula is C17H24N6O. The predicted molar refractivity (Wildman–Crippen MR) is 91.3 cm³/mol. The van der Waals surface area contributed by atoms with Gasteiger partial charge in [-0.2, -0.15) is 0 Å². The van der Waals surface area contributed by atoms with Crippen molar-refractivity contribution in [3.05, 3.63) is 36.2 Å². The first-order chi connectivity index (χ1) is 11.7. The van der Waals surface area contributed by atoms with Gasteiger partial charge in [-0.05, 0) is 55.3 Å². The summed E-state index contributed by atoms with van der Waals surface area (Å²) in [5.74, 6) is 0.824. The molecule has 3 rings (SSSR count). The number of hydrogen-bond acceptors (Lipinski definition) is 5. The van der Waals surface area contributed by atoms with Crippen LogP contribution in [-0.2, 0) is 11.3 Å². The standard InChI is InChI=1S/C17H24N6O/c1-3-11-22(12-16-19-20-21-23(16)15-9-10-15)13(2)17(24)18-14-7-5-4-6-8-14/h4-8,13,15H,3,9-12H2,1-2H3,(H,18,24)/t13-/m0/s1. The van der Waals surface area contributed by atoms with E-state index in [-0.39, 0.29) is 11.9 Å². The highest BCUT2D eigenvalue weighted by Crippen LogP contribution is 2.34. The fraction of sp³-hybridized carbons (Fsp3) is 0.529. The summed E-state index contributed by atoms with van der Waals surface area (Å²) >= 11 is 0. The van der Waals surface area contributed by atoms with E-state index in [1.54, 1.807) is 0 Å². The third-order valence-corrected chi connectivity index (χ3v) is 4.28. The lowest BCUT2D eigenvalue weighted by Crippen LogP contribution is -2.42. The Bertz CT molecular complexity index is 667. The SMILES string of the molecule is CCCN(Cc1nnnn1C1CC1)[C@@H](C)C(=O)Nc1ccccc1. The van der Waals surface area contributed by atoms with E-state index in [9.17, 15) is 4.79 Å². The first kappa shape index (κ1) is 16.6. The lowest BCUT2D eigenvalue weighted by Gasteiger charge is -2.27. The van der Waals surface area contributed by atoms with E-state index < -0.39 is 0 Å². The molecule has 1 aromatic heterocycles. The molecule has 1 fully saturated rings. The molecule has 0 aliphatic heterocycles. The predicted octanol–water partition coefficient (Wildman–Crippen LogP) is 2.25. The monoisotopic (exact) mass is 328 g/mol. The Morgan fingerprint density at radius 2 is 2.12 bits per heavy atom. The number of para-hydroxylation sites is 1. The summed E-state index contributed by atoms with van der Waals surface area (Å²) in [6, 6.07) is 9.72. The number of carbonyl (C=O) groups is 1. The summed E-state index contributed by atoms with van der Waals surface area (Å²) in [5.41, 5.74) is 0.814. The first-order valence-corrected chi connectivity index (χ1v) is 8.55. The first-order valence-electron chi connectivity index (χ1n) is 8.55. The number of carbonyl (C=O) groups excluding carboxylic acids is 1. The largest absolute Gasteiger partial charge is 0.325 e. The van der Waals surface area contributed by atoms with Crippen LogP contribution >= 0.6 is 0 Å². The average Bonchev–Trinajstić information content (AvgIpc) is 3.34. The molecule has 1 aliphatic rings. The molecule has 0 radical (unpaired) electrons. The summed E-state index contributed by atoms with van der Waals surface area (Å²) in [7, 11) is 0. The van der Waals surface area contributed by atoms with Crippen molar-refractivity contribution in [1.82, 2.24) is 25.1 Å². The number of nitrogens with one attached hydrogen (secondary N) is 1. The van der Waals surface area contributed by atoms with Crippen LogP contribution in [0.1, 0.15) is 45.0 Å². The van der Waals surface area contributed by atoms with E-state index in [1.165, 1.54) is 0 Å². The zero-order valence-corrected chi connectivity index (χ0v) is 14.2. The third kappa shape index (κ3) is 3.97. The van der Waals surface area contributed by atoms with Gasteiger partial charge >= 0.3 is 0 Å². The second-order valence-electron chi connectivity index (χ2n) is 6.27. The third-order valence-electron chi connectivity index (χ3n) is 4.28. The minimum atomic E-state index is -0.255. The van der Waals surface area contributed by atoms with Crippen molar-refractivity contribution in [2.45, 2.75) is 51.7 Å². The maximum atomic E-state index is 12.6. The van der Waals surface area contributed by atoms with Crippen LogP contribution in [0, 0.1) is 0 Å². The summed E-state index contributed by atoms with van der Waals surface area (Å²) < 4.78 is 1.91. The van der Waals surface area contributed by atoms with E-state index in [0.717, 1.165) is 37.3 Å². The molecule has 0 saturated heterocycles. The van der Waals surface area contributed by atoms with Gasteiger partial charge in [0.15, 0.2) is 5.82 Å². The fourth-order valence-electron chi connectivity index (χ4n) is 2.73. The molecule has 7 heteroatoms. The van der Waals surface area contributed by atoms with Crippen molar-refractivity contribution in [2.24, 2.45) is 0 Å². The molecule has 1 aliphatic carbocycles. The van der Waals surface area contributed by atoms with Gasteiger partial charge < -0.3 is 5.32 Å². The molecule has 1 heterocycles. The van der Waals surface area contributed by atoms with Crippen LogP contribution in [0.5, 0.6) is 0 Å². The van der Waals surface area contributed by atoms with Gasteiger partial charge in [-0.15, -0.1) is 5.10 Å². The lowest BCUT2D eigenvalue weighted by molar-refractivity contribution is -0.121. The number of aromatic nitrogens is 4. The van der Waals surface area contributed by atoms with E-state index in [2.05, 4.69) is 32.7 Å². The van der Waals surface area contributed by atoms with Gasteiger partial charge in [0, 0.05) is 5.69 Å². The number of anilines is 1. The van der Waals surface area contributed by atoms with Crippen LogP contribution in [0.25, 0.3) is 0 Å². The fourth-order valence-corrected chi connectivity index (χ4v) is 2.73. The Hall–Kier alpha value is -2.28. The van der Waals surface area contributed by atoms with Crippen molar-refractivity contribution >= 4 is 11.6 Å². The zero-order chi connectivity index (χ0) is 16.9. The Morgan fingerprint density at radius 1 is 1.38 bits per heavy atom. The molecule has 2 aromatic rings. The number of rotatable bonds is 8. The number of benzene rings is 1. The highest BCUT2D eigenvalue weighted by molar-refractivity contribution is 5.94. The van der Waals surface area contributed by atoms with E-state index in [4.69, 9.17) is 0 Å². The summed E-state index contributed by atoms with van der Waals surface area (Å²) in [6.45, 7) is 5.44. The minimum Gasteiger partial charge on any atom is -0.325 e. The molecule has 1 saturated carbocycles. The van der Waals surface area contributed by atoms with Gasteiger partial charge in [-0.1, -0.05) is 25.1 Å². The van der Waals surface area contributed by atoms with E-state index >= 15 is 0 Å². The molecule has 1 amide bonds. The molecule has 7 nitrogen and oxygen atoms in total. The molecule has 1 N–H and O–H groups in total. The zero-order valence-electron chi connectivity index (χ0n) is 14.2. The van der Waals surface area contributed by atoms with Crippen LogP contribution in [0.15, 0.2) is 30.3 Å².